The van der Waals surface area contributed by atoms with Gasteiger partial charge in [-0.15, -0.1) is 6.58 Å². The van der Waals surface area contributed by atoms with Gasteiger partial charge in [-0.05, 0) is 12.3 Å². The van der Waals surface area contributed by atoms with Crippen LogP contribution in [0.15, 0.2) is 12.7 Å². The zero-order valence-corrected chi connectivity index (χ0v) is 3.72. The summed E-state index contributed by atoms with van der Waals surface area (Å²) < 4.78 is 0. The van der Waals surface area contributed by atoms with Crippen LogP contribution in [0.25, 0.3) is 0 Å². The number of hydrogen-bond acceptors (Lipinski definition) is 1. The Morgan fingerprint density at radius 3 is 2.33 bits per heavy atom. The lowest BCUT2D eigenvalue weighted by molar-refractivity contribution is 0.978. The number of rotatable bonds is 1. The first kappa shape index (κ1) is 3.88. The van der Waals surface area contributed by atoms with Crippen LogP contribution in [-0.2, 0) is 0 Å². The molecule has 0 heterocycles. The lowest BCUT2D eigenvalue weighted by Crippen LogP contribution is -1.99. The van der Waals surface area contributed by atoms with Crippen molar-refractivity contribution in [2.75, 3.05) is 0 Å². The molecule has 0 radical (unpaired) electrons. The zero-order valence-electron chi connectivity index (χ0n) is 3.72. The van der Waals surface area contributed by atoms with Gasteiger partial charge < -0.3 is 5.73 Å². The molecule has 0 aromatic carbocycles. The Balaban J connectivity index is 2.25. The van der Waals surface area contributed by atoms with Crippen molar-refractivity contribution in [3.05, 3.63) is 12.7 Å². The Bertz CT molecular complexity index is 68.3. The minimum atomic E-state index is 0.447. The molecule has 1 saturated carbocycles. The molecule has 6 heavy (non-hydrogen) atoms. The molecule has 0 aliphatic heterocycles. The van der Waals surface area contributed by atoms with E-state index in [0.29, 0.717) is 12.0 Å². The van der Waals surface area contributed by atoms with Crippen molar-refractivity contribution in [2.24, 2.45) is 11.7 Å². The van der Waals surface area contributed by atoms with Gasteiger partial charge in [0.1, 0.15) is 0 Å². The van der Waals surface area contributed by atoms with Crippen molar-refractivity contribution in [3.63, 3.8) is 0 Å². The highest BCUT2D eigenvalue weighted by atomic mass is 14.7. The van der Waals surface area contributed by atoms with E-state index in [0.717, 1.165) is 6.42 Å². The van der Waals surface area contributed by atoms with Gasteiger partial charge in [0.15, 0.2) is 0 Å². The summed E-state index contributed by atoms with van der Waals surface area (Å²) in [4.78, 5) is 0. The Labute approximate surface area is 37.8 Å². The summed E-state index contributed by atoms with van der Waals surface area (Å²) in [5, 5.41) is 0. The topological polar surface area (TPSA) is 26.0 Å². The fourth-order valence-electron chi connectivity index (χ4n) is 0.507. The van der Waals surface area contributed by atoms with E-state index in [4.69, 9.17) is 5.73 Å². The highest BCUT2D eigenvalue weighted by molar-refractivity contribution is 5.00. The molecular weight excluding hydrogens is 74.1 g/mol. The molecule has 1 nitrogen and oxygen atoms in total. The molecule has 1 aliphatic carbocycles. The number of hydrogen-bond donors (Lipinski definition) is 1. The van der Waals surface area contributed by atoms with Crippen molar-refractivity contribution in [2.45, 2.75) is 12.5 Å². The summed E-state index contributed by atoms with van der Waals surface area (Å²) in [7, 11) is 0. The minimum absolute atomic E-state index is 0.447. The Kier molecular flexibility index (Phi) is 0.701. The van der Waals surface area contributed by atoms with Crippen LogP contribution in [0, 0.1) is 5.92 Å². The lowest BCUT2D eigenvalue weighted by atomic mass is 10.4. The third-order valence-corrected chi connectivity index (χ3v) is 1.19. The summed E-state index contributed by atoms with van der Waals surface area (Å²) in [6.07, 6.45) is 3.08. The normalized spacial score (nSPS) is 42.2. The van der Waals surface area contributed by atoms with Gasteiger partial charge >= 0.3 is 0 Å². The standard InChI is InChI=1S/C5H9N/c1-2-4-3-5(4)6/h2,4-5H,1,3,6H2/t4-,5-/m1/s1. The van der Waals surface area contributed by atoms with Crippen LogP contribution in [0.3, 0.4) is 0 Å². The molecule has 2 N–H and O–H groups in total. The van der Waals surface area contributed by atoms with Crippen LogP contribution < -0.4 is 5.73 Å². The monoisotopic (exact) mass is 83.1 g/mol. The summed E-state index contributed by atoms with van der Waals surface area (Å²) in [5.41, 5.74) is 5.41. The molecule has 1 rings (SSSR count). The van der Waals surface area contributed by atoms with Crippen molar-refractivity contribution < 1.29 is 0 Å². The first-order valence-corrected chi connectivity index (χ1v) is 2.22. The van der Waals surface area contributed by atoms with Gasteiger partial charge in [0, 0.05) is 6.04 Å². The maximum atomic E-state index is 5.41. The van der Waals surface area contributed by atoms with Crippen LogP contribution in [-0.4, -0.2) is 6.04 Å². The predicted octanol–water partition coefficient (Wildman–Crippen LogP) is 0.520. The molecule has 1 heteroatoms. The molecule has 1 aliphatic rings. The number of nitrogens with two attached hydrogens (primary N) is 1. The van der Waals surface area contributed by atoms with Crippen molar-refractivity contribution in [1.82, 2.24) is 0 Å². The van der Waals surface area contributed by atoms with Crippen LogP contribution in [0.5, 0.6) is 0 Å². The predicted molar refractivity (Wildman–Crippen MR) is 26.3 cm³/mol. The summed E-state index contributed by atoms with van der Waals surface area (Å²) in [6, 6.07) is 0.447. The van der Waals surface area contributed by atoms with E-state index in [-0.39, 0.29) is 0 Å². The minimum Gasteiger partial charge on any atom is -0.327 e. The molecule has 0 saturated heterocycles. The van der Waals surface area contributed by atoms with E-state index < -0.39 is 0 Å². The summed E-state index contributed by atoms with van der Waals surface area (Å²) in [6.45, 7) is 3.59. The van der Waals surface area contributed by atoms with E-state index in [9.17, 15) is 0 Å². The first-order valence-electron chi connectivity index (χ1n) is 2.22. The average Bonchev–Trinajstić information content (AvgIpc) is 2.19. The second kappa shape index (κ2) is 1.09. The smallest absolute Gasteiger partial charge is 0.0109 e. The maximum absolute atomic E-state index is 5.41. The molecule has 0 aromatic rings. The van der Waals surface area contributed by atoms with Gasteiger partial charge in [-0.2, -0.15) is 0 Å². The first-order chi connectivity index (χ1) is 2.84. The van der Waals surface area contributed by atoms with Gasteiger partial charge in [-0.25, -0.2) is 0 Å². The quantitative estimate of drug-likeness (QED) is 0.459. The van der Waals surface area contributed by atoms with Crippen LogP contribution in [0.4, 0.5) is 0 Å². The van der Waals surface area contributed by atoms with Crippen molar-refractivity contribution >= 4 is 0 Å². The molecule has 2 atom stereocenters. The Hall–Kier alpha value is -0.300. The third kappa shape index (κ3) is 0.455. The van der Waals surface area contributed by atoms with Crippen molar-refractivity contribution in [1.29, 1.82) is 0 Å². The van der Waals surface area contributed by atoms with Crippen molar-refractivity contribution in [3.8, 4) is 0 Å². The van der Waals surface area contributed by atoms with E-state index in [2.05, 4.69) is 6.58 Å². The summed E-state index contributed by atoms with van der Waals surface area (Å²) >= 11 is 0. The summed E-state index contributed by atoms with van der Waals surface area (Å²) in [5.74, 6) is 0.644. The van der Waals surface area contributed by atoms with E-state index in [1.165, 1.54) is 0 Å². The van der Waals surface area contributed by atoms with Gasteiger partial charge in [-0.1, -0.05) is 6.08 Å². The SMILES string of the molecule is C=C[C@@H]1C[C@H]1N. The fourth-order valence-corrected chi connectivity index (χ4v) is 0.507. The van der Waals surface area contributed by atoms with Crippen LogP contribution >= 0.6 is 0 Å². The molecular formula is C5H9N. The molecule has 0 spiro atoms. The van der Waals surface area contributed by atoms with E-state index in [1.54, 1.807) is 0 Å². The van der Waals surface area contributed by atoms with Gasteiger partial charge in [0.2, 0.25) is 0 Å². The largest absolute Gasteiger partial charge is 0.327 e. The Morgan fingerprint density at radius 1 is 1.83 bits per heavy atom. The lowest BCUT2D eigenvalue weighted by Gasteiger charge is -1.73. The second-order valence-corrected chi connectivity index (χ2v) is 1.80. The maximum Gasteiger partial charge on any atom is 0.0109 e. The van der Waals surface area contributed by atoms with Crippen LogP contribution in [0.2, 0.25) is 0 Å². The van der Waals surface area contributed by atoms with Gasteiger partial charge in [-0.3, -0.25) is 0 Å². The average molecular weight is 83.1 g/mol. The molecule has 34 valence electrons. The van der Waals surface area contributed by atoms with Gasteiger partial charge in [0.25, 0.3) is 0 Å². The Morgan fingerprint density at radius 2 is 2.33 bits per heavy atom. The van der Waals surface area contributed by atoms with Crippen LogP contribution in [0.1, 0.15) is 6.42 Å². The molecule has 1 fully saturated rings. The second-order valence-electron chi connectivity index (χ2n) is 1.80. The molecule has 0 amide bonds. The molecule has 0 bridgehead atoms. The molecule has 0 aromatic heterocycles. The highest BCUT2D eigenvalue weighted by Gasteiger charge is 2.29. The van der Waals surface area contributed by atoms with E-state index >= 15 is 0 Å². The fraction of sp³-hybridized carbons (Fsp3) is 0.600. The third-order valence-electron chi connectivity index (χ3n) is 1.19. The van der Waals surface area contributed by atoms with E-state index in [1.807, 2.05) is 6.08 Å². The zero-order chi connectivity index (χ0) is 4.57. The highest BCUT2D eigenvalue weighted by Crippen LogP contribution is 2.27. The molecule has 0 unspecified atom stereocenters. The van der Waals surface area contributed by atoms with Gasteiger partial charge in [0.05, 0.1) is 0 Å².